The van der Waals surface area contributed by atoms with E-state index in [1.165, 1.54) is 6.42 Å². The van der Waals surface area contributed by atoms with Gasteiger partial charge in [0.05, 0.1) is 29.5 Å². The van der Waals surface area contributed by atoms with Gasteiger partial charge in [-0.3, -0.25) is 4.79 Å². The minimum absolute atomic E-state index is 0.0606. The van der Waals surface area contributed by atoms with Crippen LogP contribution in [0.1, 0.15) is 54.6 Å². The number of β-amino-alcohol motifs (C(OH)–C–C–N with tert-alkyl or cyclic N) is 1. The van der Waals surface area contributed by atoms with Gasteiger partial charge >= 0.3 is 0 Å². The molecule has 6 nitrogen and oxygen atoms in total. The van der Waals surface area contributed by atoms with Gasteiger partial charge in [-0.2, -0.15) is 5.26 Å². The molecule has 1 N–H and O–H groups in total. The minimum Gasteiger partial charge on any atom is -0.494 e. The third-order valence-corrected chi connectivity index (χ3v) is 6.69. The van der Waals surface area contributed by atoms with Gasteiger partial charge in [0.25, 0.3) is 5.91 Å². The van der Waals surface area contributed by atoms with Gasteiger partial charge in [0.15, 0.2) is 0 Å². The zero-order chi connectivity index (χ0) is 22.2. The van der Waals surface area contributed by atoms with Gasteiger partial charge in [-0.15, -0.1) is 0 Å². The van der Waals surface area contributed by atoms with E-state index >= 15 is 0 Å². The minimum atomic E-state index is -0.434. The van der Waals surface area contributed by atoms with Crippen molar-refractivity contribution in [3.05, 3.63) is 53.6 Å². The Bertz CT molecular complexity index is 1200. The number of rotatable bonds is 5. The van der Waals surface area contributed by atoms with E-state index in [0.29, 0.717) is 43.3 Å². The number of nitriles is 1. The fraction of sp³-hybridized carbons (Fsp3) is 0.385. The number of carbonyl (C=O) groups is 1. The topological polar surface area (TPSA) is 78.5 Å². The van der Waals surface area contributed by atoms with Crippen molar-refractivity contribution in [1.29, 1.82) is 5.26 Å². The molecule has 0 bridgehead atoms. The molecule has 0 spiro atoms. The van der Waals surface area contributed by atoms with Crippen molar-refractivity contribution >= 4 is 16.8 Å². The smallest absolute Gasteiger partial charge is 0.253 e. The van der Waals surface area contributed by atoms with Crippen LogP contribution in [0.5, 0.6) is 5.75 Å². The van der Waals surface area contributed by atoms with Gasteiger partial charge in [-0.1, -0.05) is 12.1 Å². The molecular weight excluding hydrogens is 402 g/mol. The Hall–Kier alpha value is -3.30. The average Bonchev–Trinajstić information content (AvgIpc) is 3.34. The van der Waals surface area contributed by atoms with Gasteiger partial charge in [0, 0.05) is 36.1 Å². The summed E-state index contributed by atoms with van der Waals surface area (Å²) in [6, 6.07) is 16.3. The molecule has 0 unspecified atom stereocenters. The number of nitrogens with zero attached hydrogens (tertiary/aromatic N) is 3. The number of aromatic nitrogens is 1. The van der Waals surface area contributed by atoms with Crippen molar-refractivity contribution < 1.29 is 14.6 Å². The van der Waals surface area contributed by atoms with Crippen LogP contribution in [-0.4, -0.2) is 46.3 Å². The van der Waals surface area contributed by atoms with Crippen molar-refractivity contribution in [3.63, 3.8) is 0 Å². The molecule has 2 aliphatic rings. The van der Waals surface area contributed by atoms with Crippen molar-refractivity contribution in [3.8, 4) is 23.1 Å². The largest absolute Gasteiger partial charge is 0.494 e. The first-order chi connectivity index (χ1) is 15.6. The molecule has 3 aromatic rings. The molecule has 2 heterocycles. The molecule has 1 aromatic heterocycles. The number of hydrogen-bond donors (Lipinski definition) is 1. The first-order valence-electron chi connectivity index (χ1n) is 11.4. The van der Waals surface area contributed by atoms with E-state index in [9.17, 15) is 15.2 Å². The fourth-order valence-corrected chi connectivity index (χ4v) is 4.85. The summed E-state index contributed by atoms with van der Waals surface area (Å²) in [5.41, 5.74) is 4.14. The zero-order valence-electron chi connectivity index (χ0n) is 18.3. The molecule has 2 aromatic carbocycles. The second-order valence-corrected chi connectivity index (χ2v) is 8.67. The molecule has 32 heavy (non-hydrogen) atoms. The Labute approximate surface area is 187 Å². The summed E-state index contributed by atoms with van der Waals surface area (Å²) in [7, 11) is 0. The van der Waals surface area contributed by atoms with Crippen LogP contribution in [0.2, 0.25) is 0 Å². The second-order valence-electron chi connectivity index (χ2n) is 8.67. The molecule has 1 aliphatic carbocycles. The van der Waals surface area contributed by atoms with Gasteiger partial charge < -0.3 is 19.3 Å². The molecule has 1 saturated carbocycles. The van der Waals surface area contributed by atoms with E-state index in [2.05, 4.69) is 10.6 Å². The van der Waals surface area contributed by atoms with Crippen molar-refractivity contribution in [1.82, 2.24) is 9.47 Å². The highest BCUT2D eigenvalue weighted by Gasteiger charge is 2.29. The molecule has 1 saturated heterocycles. The van der Waals surface area contributed by atoms with Crippen LogP contribution in [0.3, 0.4) is 0 Å². The number of aliphatic hydroxyl groups is 1. The summed E-state index contributed by atoms with van der Waals surface area (Å²) < 4.78 is 8.03. The Morgan fingerprint density at radius 3 is 2.56 bits per heavy atom. The Morgan fingerprint density at radius 2 is 1.97 bits per heavy atom. The third kappa shape index (κ3) is 3.43. The Balaban J connectivity index is 1.58. The van der Waals surface area contributed by atoms with E-state index < -0.39 is 6.10 Å². The number of likely N-dealkylation sites (tertiary alicyclic amines) is 1. The summed E-state index contributed by atoms with van der Waals surface area (Å²) in [5.74, 6) is 0.748. The lowest BCUT2D eigenvalue weighted by Gasteiger charge is -2.30. The van der Waals surface area contributed by atoms with Crippen LogP contribution in [0.4, 0.5) is 0 Å². The van der Waals surface area contributed by atoms with Crippen molar-refractivity contribution in [2.75, 3.05) is 19.7 Å². The average molecular weight is 430 g/mol. The maximum absolute atomic E-state index is 12.8. The van der Waals surface area contributed by atoms with Gasteiger partial charge in [-0.05, 0) is 62.4 Å². The lowest BCUT2D eigenvalue weighted by molar-refractivity contribution is 0.0765. The molecule has 164 valence electrons. The van der Waals surface area contributed by atoms with Gasteiger partial charge in [-0.25, -0.2) is 0 Å². The van der Waals surface area contributed by atoms with E-state index in [-0.39, 0.29) is 5.91 Å². The van der Waals surface area contributed by atoms with Crippen LogP contribution in [0.25, 0.3) is 22.2 Å². The molecule has 5 rings (SSSR count). The molecule has 1 amide bonds. The first-order valence-corrected chi connectivity index (χ1v) is 11.4. The van der Waals surface area contributed by atoms with E-state index in [0.717, 1.165) is 40.8 Å². The zero-order valence-corrected chi connectivity index (χ0v) is 18.3. The van der Waals surface area contributed by atoms with Crippen LogP contribution in [0.15, 0.2) is 42.5 Å². The fourth-order valence-electron chi connectivity index (χ4n) is 4.85. The lowest BCUT2D eigenvalue weighted by atomic mass is 9.92. The maximum Gasteiger partial charge on any atom is 0.253 e. The number of carbonyl (C=O) groups excluding carboxylic acids is 1. The van der Waals surface area contributed by atoms with Crippen LogP contribution in [-0.2, 0) is 0 Å². The number of amides is 1. The predicted molar refractivity (Wildman–Crippen MR) is 123 cm³/mol. The normalized spacial score (nSPS) is 18.5. The SMILES string of the molecule is CCOc1ccc2c(C#N)c(-c3ccc(C(=O)N4CC[C@@H](O)C4)cc3)n(C3CCC3)c2c1. The molecule has 2 fully saturated rings. The Morgan fingerprint density at radius 1 is 1.19 bits per heavy atom. The highest BCUT2D eigenvalue weighted by molar-refractivity contribution is 5.97. The van der Waals surface area contributed by atoms with Crippen LogP contribution < -0.4 is 4.74 Å². The van der Waals surface area contributed by atoms with Crippen molar-refractivity contribution in [2.45, 2.75) is 44.8 Å². The second kappa shape index (κ2) is 8.33. The van der Waals surface area contributed by atoms with Crippen molar-refractivity contribution in [2.24, 2.45) is 0 Å². The molecular formula is C26H27N3O3. The standard InChI is InChI=1S/C26H27N3O3/c1-2-32-21-10-11-22-23(15-27)25(29(24(22)14-21)19-4-3-5-19)17-6-8-18(9-7-17)26(31)28-13-12-20(30)16-28/h6-11,14,19-20,30H,2-5,12-13,16H2,1H3/t20-/m1/s1. The summed E-state index contributed by atoms with van der Waals surface area (Å²) in [6.07, 6.45) is 3.56. The quantitative estimate of drug-likeness (QED) is 0.647. The summed E-state index contributed by atoms with van der Waals surface area (Å²) in [6.45, 7) is 3.53. The summed E-state index contributed by atoms with van der Waals surface area (Å²) in [4.78, 5) is 14.5. The Kier molecular flexibility index (Phi) is 5.36. The third-order valence-electron chi connectivity index (χ3n) is 6.69. The van der Waals surface area contributed by atoms with Gasteiger partial charge in [0.2, 0.25) is 0 Å². The summed E-state index contributed by atoms with van der Waals surface area (Å²) in [5, 5.41) is 20.7. The van der Waals surface area contributed by atoms with E-state index in [1.807, 2.05) is 49.4 Å². The first kappa shape index (κ1) is 20.6. The number of benzene rings is 2. The number of fused-ring (bicyclic) bond motifs is 1. The number of aliphatic hydroxyl groups excluding tert-OH is 1. The molecule has 6 heteroatoms. The van der Waals surface area contributed by atoms with E-state index in [4.69, 9.17) is 4.74 Å². The number of hydrogen-bond acceptors (Lipinski definition) is 4. The number of ether oxygens (including phenoxy) is 1. The van der Waals surface area contributed by atoms with E-state index in [1.54, 1.807) is 4.90 Å². The summed E-state index contributed by atoms with van der Waals surface area (Å²) >= 11 is 0. The van der Waals surface area contributed by atoms with Crippen LogP contribution in [0, 0.1) is 11.3 Å². The van der Waals surface area contributed by atoms with Crippen LogP contribution >= 0.6 is 0 Å². The molecule has 0 radical (unpaired) electrons. The van der Waals surface area contributed by atoms with Gasteiger partial charge in [0.1, 0.15) is 11.8 Å². The maximum atomic E-state index is 12.8. The highest BCUT2D eigenvalue weighted by atomic mass is 16.5. The highest BCUT2D eigenvalue weighted by Crippen LogP contribution is 2.43. The monoisotopic (exact) mass is 429 g/mol. The molecule has 1 atom stereocenters. The predicted octanol–water partition coefficient (Wildman–Crippen LogP) is 4.51. The molecule has 1 aliphatic heterocycles. The lowest BCUT2D eigenvalue weighted by Crippen LogP contribution is -2.29.